The van der Waals surface area contributed by atoms with Crippen molar-refractivity contribution in [3.63, 3.8) is 0 Å². The van der Waals surface area contributed by atoms with Crippen LogP contribution in [-0.4, -0.2) is 4.98 Å². The first-order valence-electron chi connectivity index (χ1n) is 2.53. The van der Waals surface area contributed by atoms with Crippen LogP contribution in [0.3, 0.4) is 0 Å². The molecule has 0 fully saturated rings. The van der Waals surface area contributed by atoms with E-state index in [2.05, 4.69) is 4.98 Å². The van der Waals surface area contributed by atoms with Crippen LogP contribution in [0, 0.1) is 11.3 Å². The van der Waals surface area contributed by atoms with Crippen LogP contribution in [-0.2, 0) is 6.42 Å². The molecule has 1 heterocycles. The third-order valence-electron chi connectivity index (χ3n) is 0.973. The fourth-order valence-corrected chi connectivity index (χ4v) is 0.594. The summed E-state index contributed by atoms with van der Waals surface area (Å²) < 4.78 is 1.38. The van der Waals surface area contributed by atoms with Gasteiger partial charge in [0, 0.05) is 0 Å². The first-order valence-corrected chi connectivity index (χ1v) is 2.53. The van der Waals surface area contributed by atoms with Gasteiger partial charge in [0.1, 0.15) is 6.42 Å². The second kappa shape index (κ2) is 2.18. The average molecular weight is 123 g/mol. The topological polar surface area (TPSA) is 69.5 Å². The first kappa shape index (κ1) is 5.63. The number of H-pyrrole nitrogens is 1. The number of hydrogen-bond acceptors (Lipinski definition) is 2. The van der Waals surface area contributed by atoms with Gasteiger partial charge in [0.05, 0.1) is 6.07 Å². The lowest BCUT2D eigenvalue weighted by molar-refractivity contribution is -0.637. The predicted octanol–water partition coefficient (Wildman–Crippen LogP) is -0.918. The zero-order valence-electron chi connectivity index (χ0n) is 4.83. The van der Waals surface area contributed by atoms with E-state index in [1.54, 1.807) is 12.5 Å². The molecule has 1 rings (SSSR count). The fraction of sp³-hybridized carbons (Fsp3) is 0.200. The van der Waals surface area contributed by atoms with Gasteiger partial charge in [-0.25, -0.2) is 4.98 Å². The van der Waals surface area contributed by atoms with E-state index in [4.69, 9.17) is 11.1 Å². The van der Waals surface area contributed by atoms with Crippen molar-refractivity contribution in [3.8, 4) is 6.07 Å². The lowest BCUT2D eigenvalue weighted by atomic mass is 10.4. The number of hydrogen-bond donors (Lipinski definition) is 2. The molecule has 46 valence electrons. The Balaban J connectivity index is 2.76. The van der Waals surface area contributed by atoms with Crippen LogP contribution in [0.1, 0.15) is 5.69 Å². The Hall–Kier alpha value is -1.50. The van der Waals surface area contributed by atoms with Gasteiger partial charge in [0.2, 0.25) is 0 Å². The zero-order valence-corrected chi connectivity index (χ0v) is 4.83. The summed E-state index contributed by atoms with van der Waals surface area (Å²) in [5.74, 6) is 5.28. The van der Waals surface area contributed by atoms with Gasteiger partial charge in [-0.2, -0.15) is 5.26 Å². The highest BCUT2D eigenvalue weighted by atomic mass is 15.3. The van der Waals surface area contributed by atoms with E-state index in [0.717, 1.165) is 5.69 Å². The molecule has 3 N–H and O–H groups in total. The first-order chi connectivity index (χ1) is 4.33. The molecule has 0 aromatic carbocycles. The van der Waals surface area contributed by atoms with Crippen LogP contribution in [0.15, 0.2) is 12.5 Å². The maximum Gasteiger partial charge on any atom is 0.264 e. The van der Waals surface area contributed by atoms with Gasteiger partial charge in [0.15, 0.2) is 11.9 Å². The van der Waals surface area contributed by atoms with Crippen molar-refractivity contribution in [2.45, 2.75) is 6.42 Å². The van der Waals surface area contributed by atoms with E-state index in [1.165, 1.54) is 4.68 Å². The summed E-state index contributed by atoms with van der Waals surface area (Å²) in [4.78, 5) is 2.82. The van der Waals surface area contributed by atoms with Gasteiger partial charge in [-0.1, -0.05) is 0 Å². The van der Waals surface area contributed by atoms with Crippen LogP contribution >= 0.6 is 0 Å². The summed E-state index contributed by atoms with van der Waals surface area (Å²) in [7, 11) is 0. The molecule has 0 radical (unpaired) electrons. The quantitative estimate of drug-likeness (QED) is 0.374. The Labute approximate surface area is 52.5 Å². The molecule has 4 nitrogen and oxygen atoms in total. The minimum atomic E-state index is 0.379. The third kappa shape index (κ3) is 1.19. The standard InChI is InChI=1S/C5H6N4/c6-2-1-5-3-9(7)4-8-5/h3-4H,1,7H2/p+1. The smallest absolute Gasteiger partial charge is 0.264 e. The largest absolute Gasteiger partial charge is 0.269 e. The molecule has 0 saturated carbocycles. The molecule has 1 aromatic heterocycles. The summed E-state index contributed by atoms with van der Waals surface area (Å²) in [5.41, 5.74) is 0.833. The van der Waals surface area contributed by atoms with Crippen LogP contribution in [0.2, 0.25) is 0 Å². The molecule has 0 aliphatic carbocycles. The summed E-state index contributed by atoms with van der Waals surface area (Å²) >= 11 is 0. The van der Waals surface area contributed by atoms with Gasteiger partial charge in [0.25, 0.3) is 6.33 Å². The minimum Gasteiger partial charge on any atom is -0.269 e. The lowest BCUT2D eigenvalue weighted by Crippen LogP contribution is -2.41. The Kier molecular flexibility index (Phi) is 1.36. The van der Waals surface area contributed by atoms with Gasteiger partial charge < -0.3 is 0 Å². The van der Waals surface area contributed by atoms with Crippen molar-refractivity contribution < 1.29 is 4.68 Å². The average Bonchev–Trinajstić information content (AvgIpc) is 2.17. The summed E-state index contributed by atoms with van der Waals surface area (Å²) in [6, 6.07) is 2.00. The van der Waals surface area contributed by atoms with Gasteiger partial charge in [-0.15, -0.1) is 4.68 Å². The maximum atomic E-state index is 8.21. The van der Waals surface area contributed by atoms with E-state index in [9.17, 15) is 0 Å². The molecule has 0 amide bonds. The molecular formula is C5H7N4+. The summed E-state index contributed by atoms with van der Waals surface area (Å²) in [6.45, 7) is 0. The molecule has 4 heteroatoms. The van der Waals surface area contributed by atoms with E-state index >= 15 is 0 Å². The molecule has 9 heavy (non-hydrogen) atoms. The maximum absolute atomic E-state index is 8.21. The van der Waals surface area contributed by atoms with Crippen molar-refractivity contribution in [1.82, 2.24) is 4.98 Å². The molecule has 0 bridgehead atoms. The fourth-order valence-electron chi connectivity index (χ4n) is 0.594. The second-order valence-corrected chi connectivity index (χ2v) is 1.71. The van der Waals surface area contributed by atoms with Crippen molar-refractivity contribution in [1.29, 1.82) is 5.26 Å². The number of nitriles is 1. The molecule has 0 spiro atoms. The number of nitrogens with one attached hydrogen (secondary N) is 1. The van der Waals surface area contributed by atoms with Gasteiger partial charge >= 0.3 is 0 Å². The third-order valence-corrected chi connectivity index (χ3v) is 0.973. The van der Waals surface area contributed by atoms with Crippen molar-refractivity contribution >= 4 is 0 Å². The highest BCUT2D eigenvalue weighted by Gasteiger charge is 1.99. The van der Waals surface area contributed by atoms with Crippen molar-refractivity contribution in [2.75, 3.05) is 5.84 Å². The van der Waals surface area contributed by atoms with Crippen molar-refractivity contribution in [2.24, 2.45) is 0 Å². The second-order valence-electron chi connectivity index (χ2n) is 1.71. The van der Waals surface area contributed by atoms with Gasteiger partial charge in [-0.05, 0) is 0 Å². The number of aromatic amines is 1. The number of nitrogen functional groups attached to an aromatic ring is 1. The zero-order chi connectivity index (χ0) is 6.69. The summed E-state index contributed by atoms with van der Waals surface area (Å²) in [5, 5.41) is 8.21. The van der Waals surface area contributed by atoms with Crippen LogP contribution in [0.5, 0.6) is 0 Å². The summed E-state index contributed by atoms with van der Waals surface area (Å²) in [6.07, 6.45) is 3.64. The highest BCUT2D eigenvalue weighted by Crippen LogP contribution is 1.86. The minimum absolute atomic E-state index is 0.379. The van der Waals surface area contributed by atoms with E-state index in [1.807, 2.05) is 6.07 Å². The van der Waals surface area contributed by atoms with E-state index in [0.29, 0.717) is 6.42 Å². The predicted molar refractivity (Wildman–Crippen MR) is 30.5 cm³/mol. The Morgan fingerprint density at radius 1 is 1.89 bits per heavy atom. The lowest BCUT2D eigenvalue weighted by Gasteiger charge is -1.73. The van der Waals surface area contributed by atoms with E-state index < -0.39 is 0 Å². The number of aromatic nitrogens is 2. The van der Waals surface area contributed by atoms with Crippen molar-refractivity contribution in [3.05, 3.63) is 18.2 Å². The number of nitrogens with zero attached hydrogens (tertiary/aromatic N) is 2. The highest BCUT2D eigenvalue weighted by molar-refractivity contribution is 4.97. The monoisotopic (exact) mass is 123 g/mol. The molecule has 0 aliphatic heterocycles. The van der Waals surface area contributed by atoms with Gasteiger partial charge in [-0.3, -0.25) is 5.84 Å². The molecule has 0 aliphatic rings. The normalized spacial score (nSPS) is 8.78. The SMILES string of the molecule is N#CCc1c[n+](N)c[nH]1. The number of rotatable bonds is 1. The van der Waals surface area contributed by atoms with E-state index in [-0.39, 0.29) is 0 Å². The van der Waals surface area contributed by atoms with Crippen LogP contribution in [0.4, 0.5) is 0 Å². The molecule has 1 aromatic rings. The van der Waals surface area contributed by atoms with Crippen LogP contribution in [0.25, 0.3) is 0 Å². The number of nitrogens with two attached hydrogens (primary N) is 1. The molecule has 0 unspecified atom stereocenters. The molecule has 0 saturated heterocycles. The molecule has 0 atom stereocenters. The van der Waals surface area contributed by atoms with Crippen LogP contribution < -0.4 is 10.5 Å². The molecular weight excluding hydrogens is 116 g/mol. The number of imidazole rings is 1. The Bertz CT molecular complexity index is 231. The Morgan fingerprint density at radius 2 is 2.67 bits per heavy atom. The Morgan fingerprint density at radius 3 is 3.11 bits per heavy atom.